The largest absolute Gasteiger partial charge is 0.497 e. The van der Waals surface area contributed by atoms with Gasteiger partial charge in [-0.3, -0.25) is 14.9 Å². The number of rotatable bonds is 7. The molecule has 1 fully saturated rings. The molecular weight excluding hydrogens is 507 g/mol. The lowest BCUT2D eigenvalue weighted by Crippen LogP contribution is -2.54. The van der Waals surface area contributed by atoms with E-state index in [9.17, 15) is 14.4 Å². The van der Waals surface area contributed by atoms with Gasteiger partial charge in [0.15, 0.2) is 11.5 Å². The first-order valence-electron chi connectivity index (χ1n) is 10.6. The van der Waals surface area contributed by atoms with Gasteiger partial charge < -0.3 is 14.2 Å². The van der Waals surface area contributed by atoms with Gasteiger partial charge in [-0.05, 0) is 54.1 Å². The molecule has 0 spiro atoms. The van der Waals surface area contributed by atoms with Crippen molar-refractivity contribution in [3.05, 3.63) is 87.4 Å². The molecule has 1 saturated heterocycles. The Morgan fingerprint density at radius 3 is 2.31 bits per heavy atom. The Kier molecular flexibility index (Phi) is 7.47. The van der Waals surface area contributed by atoms with E-state index in [0.29, 0.717) is 16.3 Å². The van der Waals surface area contributed by atoms with E-state index in [4.69, 9.17) is 37.4 Å². The Balaban J connectivity index is 1.64. The second kappa shape index (κ2) is 10.7. The Hall–Kier alpha value is -4.01. The number of carbonyl (C=O) groups excluding carboxylic acids is 3. The predicted molar refractivity (Wildman–Crippen MR) is 136 cm³/mol. The van der Waals surface area contributed by atoms with Crippen LogP contribution >= 0.6 is 23.2 Å². The van der Waals surface area contributed by atoms with Gasteiger partial charge in [-0.25, -0.2) is 9.69 Å². The summed E-state index contributed by atoms with van der Waals surface area (Å²) in [6, 6.07) is 15.7. The van der Waals surface area contributed by atoms with E-state index < -0.39 is 17.8 Å². The third-order valence-electron chi connectivity index (χ3n) is 5.32. The highest BCUT2D eigenvalue weighted by Crippen LogP contribution is 2.38. The highest BCUT2D eigenvalue weighted by molar-refractivity contribution is 6.39. The van der Waals surface area contributed by atoms with Crippen molar-refractivity contribution in [1.82, 2.24) is 5.32 Å². The van der Waals surface area contributed by atoms with E-state index in [2.05, 4.69) is 5.32 Å². The van der Waals surface area contributed by atoms with E-state index >= 15 is 0 Å². The van der Waals surface area contributed by atoms with E-state index in [-0.39, 0.29) is 34.4 Å². The lowest BCUT2D eigenvalue weighted by atomic mass is 10.1. The minimum absolute atomic E-state index is 0.149. The second-order valence-electron chi connectivity index (χ2n) is 7.57. The summed E-state index contributed by atoms with van der Waals surface area (Å²) in [6.45, 7) is 0.149. The number of nitrogens with zero attached hydrogens (tertiary/aromatic N) is 1. The summed E-state index contributed by atoms with van der Waals surface area (Å²) in [5, 5.41) is 2.92. The van der Waals surface area contributed by atoms with Crippen LogP contribution in [0.25, 0.3) is 6.08 Å². The lowest BCUT2D eigenvalue weighted by Gasteiger charge is -2.26. The zero-order valence-electron chi connectivity index (χ0n) is 19.2. The maximum Gasteiger partial charge on any atom is 0.335 e. The van der Waals surface area contributed by atoms with Gasteiger partial charge in [-0.2, -0.15) is 0 Å². The fraction of sp³-hybridized carbons (Fsp3) is 0.115. The third kappa shape index (κ3) is 5.15. The molecule has 1 aliphatic rings. The molecule has 0 aromatic heterocycles. The number of methoxy groups -OCH3 is 2. The normalized spacial score (nSPS) is 14.6. The smallest absolute Gasteiger partial charge is 0.335 e. The van der Waals surface area contributed by atoms with Crippen LogP contribution in [0.2, 0.25) is 10.0 Å². The Bertz CT molecular complexity index is 1370. The lowest BCUT2D eigenvalue weighted by molar-refractivity contribution is -0.122. The van der Waals surface area contributed by atoms with Gasteiger partial charge in [0.25, 0.3) is 11.8 Å². The maximum atomic E-state index is 13.1. The summed E-state index contributed by atoms with van der Waals surface area (Å²) < 4.78 is 16.4. The number of imide groups is 2. The Morgan fingerprint density at radius 2 is 1.64 bits per heavy atom. The summed E-state index contributed by atoms with van der Waals surface area (Å²) in [6.07, 6.45) is 1.33. The Labute approximate surface area is 217 Å². The Morgan fingerprint density at radius 1 is 0.917 bits per heavy atom. The minimum Gasteiger partial charge on any atom is -0.497 e. The minimum atomic E-state index is -0.855. The van der Waals surface area contributed by atoms with Gasteiger partial charge >= 0.3 is 6.03 Å². The molecule has 0 saturated carbocycles. The van der Waals surface area contributed by atoms with Crippen LogP contribution in [0.15, 0.2) is 66.2 Å². The first kappa shape index (κ1) is 25.1. The molecule has 8 nitrogen and oxygen atoms in total. The monoisotopic (exact) mass is 526 g/mol. The van der Waals surface area contributed by atoms with Crippen LogP contribution in [-0.2, 0) is 16.2 Å². The maximum absolute atomic E-state index is 13.1. The van der Waals surface area contributed by atoms with Crippen molar-refractivity contribution in [2.75, 3.05) is 19.1 Å². The summed E-state index contributed by atoms with van der Waals surface area (Å²) in [7, 11) is 2.94. The highest BCUT2D eigenvalue weighted by Gasteiger charge is 2.37. The average Bonchev–Trinajstić information content (AvgIpc) is 2.86. The van der Waals surface area contributed by atoms with Gasteiger partial charge in [-0.1, -0.05) is 41.4 Å². The summed E-state index contributed by atoms with van der Waals surface area (Å²) in [5.41, 5.74) is 1.17. The molecule has 0 atom stereocenters. The number of anilines is 1. The zero-order chi connectivity index (χ0) is 25.8. The highest BCUT2D eigenvalue weighted by atomic mass is 35.5. The van der Waals surface area contributed by atoms with Crippen molar-refractivity contribution in [2.45, 2.75) is 6.61 Å². The van der Waals surface area contributed by atoms with E-state index in [0.717, 1.165) is 10.5 Å². The van der Waals surface area contributed by atoms with Crippen LogP contribution in [0.1, 0.15) is 11.1 Å². The molecule has 1 heterocycles. The molecule has 3 aromatic carbocycles. The predicted octanol–water partition coefficient (Wildman–Crippen LogP) is 5.26. The fourth-order valence-corrected chi connectivity index (χ4v) is 3.98. The number of halogens is 2. The molecular formula is C26H20Cl2N2O6. The molecule has 0 radical (unpaired) electrons. The number of hydrogen-bond acceptors (Lipinski definition) is 6. The van der Waals surface area contributed by atoms with Crippen molar-refractivity contribution in [3.8, 4) is 17.2 Å². The molecule has 1 N–H and O–H groups in total. The van der Waals surface area contributed by atoms with E-state index in [1.165, 1.54) is 38.5 Å². The van der Waals surface area contributed by atoms with Crippen LogP contribution < -0.4 is 24.4 Å². The number of urea groups is 1. The topological polar surface area (TPSA) is 94.2 Å². The third-order valence-corrected chi connectivity index (χ3v) is 5.97. The summed E-state index contributed by atoms with van der Waals surface area (Å²) in [4.78, 5) is 39.0. The SMILES string of the molecule is COc1ccc(N2C(=O)NC(=O)/C(=C/c3cc(Cl)c(OCc4ccccc4Cl)c(OC)c3)C2=O)cc1. The standard InChI is InChI=1S/C26H20Cl2N2O6/c1-34-18-9-7-17(8-10-18)30-25(32)19(24(31)29-26(30)33)11-15-12-21(28)23(22(13-15)35-2)36-14-16-5-3-4-6-20(16)27/h3-13H,14H2,1-2H3,(H,29,31,33)/b19-11-. The van der Waals surface area contributed by atoms with Crippen molar-refractivity contribution >= 4 is 52.8 Å². The fourth-order valence-electron chi connectivity index (χ4n) is 3.52. The van der Waals surface area contributed by atoms with Gasteiger partial charge in [-0.15, -0.1) is 0 Å². The van der Waals surface area contributed by atoms with Crippen LogP contribution in [0.3, 0.4) is 0 Å². The number of barbiturate groups is 1. The number of amides is 4. The van der Waals surface area contributed by atoms with Crippen molar-refractivity contribution < 1.29 is 28.6 Å². The van der Waals surface area contributed by atoms with Crippen molar-refractivity contribution in [2.24, 2.45) is 0 Å². The first-order chi connectivity index (χ1) is 17.3. The molecule has 10 heteroatoms. The van der Waals surface area contributed by atoms with Gasteiger partial charge in [0.2, 0.25) is 0 Å². The summed E-state index contributed by atoms with van der Waals surface area (Å²) in [5.74, 6) is -0.509. The molecule has 4 amide bonds. The van der Waals surface area contributed by atoms with Gasteiger partial charge in [0.1, 0.15) is 17.9 Å². The first-order valence-corrected chi connectivity index (χ1v) is 11.4. The van der Waals surface area contributed by atoms with Crippen molar-refractivity contribution in [1.29, 1.82) is 0 Å². The number of nitrogens with one attached hydrogen (secondary N) is 1. The van der Waals surface area contributed by atoms with E-state index in [1.54, 1.807) is 24.3 Å². The molecule has 4 rings (SSSR count). The average molecular weight is 527 g/mol. The van der Waals surface area contributed by atoms with Gasteiger partial charge in [0.05, 0.1) is 24.9 Å². The molecule has 0 unspecified atom stereocenters. The molecule has 3 aromatic rings. The number of benzene rings is 3. The van der Waals surface area contributed by atoms with Gasteiger partial charge in [0, 0.05) is 10.6 Å². The molecule has 0 bridgehead atoms. The van der Waals surface area contributed by atoms with Crippen molar-refractivity contribution in [3.63, 3.8) is 0 Å². The quantitative estimate of drug-likeness (QED) is 0.333. The van der Waals surface area contributed by atoms with Crippen LogP contribution in [0.5, 0.6) is 17.2 Å². The zero-order valence-corrected chi connectivity index (χ0v) is 20.7. The van der Waals surface area contributed by atoms with Crippen LogP contribution in [0, 0.1) is 0 Å². The second-order valence-corrected chi connectivity index (χ2v) is 8.38. The summed E-state index contributed by atoms with van der Waals surface area (Å²) >= 11 is 12.6. The number of carbonyl (C=O) groups is 3. The molecule has 184 valence electrons. The number of ether oxygens (including phenoxy) is 3. The molecule has 36 heavy (non-hydrogen) atoms. The van der Waals surface area contributed by atoms with Crippen LogP contribution in [0.4, 0.5) is 10.5 Å². The molecule has 0 aliphatic carbocycles. The van der Waals surface area contributed by atoms with Crippen LogP contribution in [-0.4, -0.2) is 32.1 Å². The number of hydrogen-bond donors (Lipinski definition) is 1. The van der Waals surface area contributed by atoms with E-state index in [1.807, 2.05) is 18.2 Å². The molecule has 1 aliphatic heterocycles.